The molecule has 0 aliphatic rings. The minimum Gasteiger partial charge on any atom is -0.355 e. The summed E-state index contributed by atoms with van der Waals surface area (Å²) >= 11 is 5.94. The molecule has 180 valence electrons. The van der Waals surface area contributed by atoms with Crippen LogP contribution in [0.3, 0.4) is 0 Å². The molecule has 2 rings (SSSR count). The smallest absolute Gasteiger partial charge is 0.242 e. The molecule has 0 aromatic heterocycles. The van der Waals surface area contributed by atoms with E-state index in [0.717, 1.165) is 16.1 Å². The minimum atomic E-state index is -3.63. The molecule has 2 aromatic rings. The Balaban J connectivity index is 2.13. The van der Waals surface area contributed by atoms with Crippen LogP contribution >= 0.6 is 11.6 Å². The van der Waals surface area contributed by atoms with Crippen molar-refractivity contribution in [3.05, 3.63) is 64.9 Å². The summed E-state index contributed by atoms with van der Waals surface area (Å²) in [7, 11) is -3.63. The summed E-state index contributed by atoms with van der Waals surface area (Å²) in [4.78, 5) is 27.0. The highest BCUT2D eigenvalue weighted by atomic mass is 35.5. The second kappa shape index (κ2) is 12.0. The number of halogens is 2. The molecule has 0 heterocycles. The summed E-state index contributed by atoms with van der Waals surface area (Å²) < 4.78 is 38.8. The van der Waals surface area contributed by atoms with Gasteiger partial charge in [-0.3, -0.25) is 13.9 Å². The molecule has 2 aromatic carbocycles. The molecule has 10 heteroatoms. The number of sulfonamides is 1. The number of nitrogens with zero attached hydrogens (tertiary/aromatic N) is 2. The van der Waals surface area contributed by atoms with Crippen molar-refractivity contribution >= 4 is 39.1 Å². The predicted molar refractivity (Wildman–Crippen MR) is 128 cm³/mol. The highest BCUT2D eigenvalue weighted by Crippen LogP contribution is 2.20. The highest BCUT2D eigenvalue weighted by molar-refractivity contribution is 7.92. The summed E-state index contributed by atoms with van der Waals surface area (Å²) in [5.74, 6) is -1.03. The molecule has 0 aliphatic carbocycles. The summed E-state index contributed by atoms with van der Waals surface area (Å²) in [6.45, 7) is 4.14. The van der Waals surface area contributed by atoms with Gasteiger partial charge in [0.2, 0.25) is 21.8 Å². The highest BCUT2D eigenvalue weighted by Gasteiger charge is 2.26. The van der Waals surface area contributed by atoms with Crippen LogP contribution in [0.4, 0.5) is 10.1 Å². The number of likely N-dealkylation sites (N-methyl/N-ethyl adjacent to an activating group) is 1. The van der Waals surface area contributed by atoms with Gasteiger partial charge in [0.25, 0.3) is 0 Å². The van der Waals surface area contributed by atoms with Crippen molar-refractivity contribution < 1.29 is 22.4 Å². The maximum Gasteiger partial charge on any atom is 0.242 e. The second-order valence-corrected chi connectivity index (χ2v) is 9.98. The molecule has 0 unspecified atom stereocenters. The molecular formula is C23H29ClFN3O4S. The van der Waals surface area contributed by atoms with Gasteiger partial charge in [0, 0.05) is 31.1 Å². The topological polar surface area (TPSA) is 86.8 Å². The number of benzene rings is 2. The third-order valence-electron chi connectivity index (χ3n) is 5.05. The van der Waals surface area contributed by atoms with E-state index in [0.29, 0.717) is 17.3 Å². The summed E-state index contributed by atoms with van der Waals surface area (Å²) in [6.07, 6.45) is 1.31. The van der Waals surface area contributed by atoms with Gasteiger partial charge in [0.15, 0.2) is 0 Å². The van der Waals surface area contributed by atoms with Gasteiger partial charge in [-0.2, -0.15) is 0 Å². The molecule has 0 saturated carbocycles. The first-order valence-corrected chi connectivity index (χ1v) is 12.8. The van der Waals surface area contributed by atoms with Crippen LogP contribution in [-0.4, -0.2) is 50.5 Å². The van der Waals surface area contributed by atoms with Gasteiger partial charge in [-0.15, -0.1) is 0 Å². The van der Waals surface area contributed by atoms with Gasteiger partial charge in [0.05, 0.1) is 11.9 Å². The predicted octanol–water partition coefficient (Wildman–Crippen LogP) is 3.58. The lowest BCUT2D eigenvalue weighted by Gasteiger charge is -2.29. The molecule has 1 atom stereocenters. The van der Waals surface area contributed by atoms with Gasteiger partial charge in [-0.25, -0.2) is 12.8 Å². The second-order valence-electron chi connectivity index (χ2n) is 7.63. The van der Waals surface area contributed by atoms with Crippen molar-refractivity contribution in [2.45, 2.75) is 39.3 Å². The fourth-order valence-corrected chi connectivity index (χ4v) is 4.39. The number of rotatable bonds is 11. The number of nitrogens with one attached hydrogen (secondary N) is 1. The molecule has 0 bridgehead atoms. The van der Waals surface area contributed by atoms with Crippen molar-refractivity contribution in [3.63, 3.8) is 0 Å². The van der Waals surface area contributed by atoms with Crippen LogP contribution in [0.25, 0.3) is 0 Å². The van der Waals surface area contributed by atoms with E-state index in [1.807, 2.05) is 0 Å². The van der Waals surface area contributed by atoms with Crippen LogP contribution in [0.2, 0.25) is 5.02 Å². The van der Waals surface area contributed by atoms with Crippen LogP contribution in [0.1, 0.15) is 32.3 Å². The van der Waals surface area contributed by atoms with Crippen molar-refractivity contribution in [2.24, 2.45) is 0 Å². The lowest BCUT2D eigenvalue weighted by Crippen LogP contribution is -2.47. The monoisotopic (exact) mass is 497 g/mol. The van der Waals surface area contributed by atoms with Gasteiger partial charge >= 0.3 is 0 Å². The Hall–Kier alpha value is -2.65. The first-order valence-electron chi connectivity index (χ1n) is 10.6. The molecular weight excluding hydrogens is 469 g/mol. The zero-order valence-electron chi connectivity index (χ0n) is 18.9. The van der Waals surface area contributed by atoms with Gasteiger partial charge in [0.1, 0.15) is 11.9 Å². The largest absolute Gasteiger partial charge is 0.355 e. The fourth-order valence-electron chi connectivity index (χ4n) is 3.30. The molecule has 1 N–H and O–H groups in total. The first kappa shape index (κ1) is 26.6. The zero-order chi connectivity index (χ0) is 24.6. The Morgan fingerprint density at radius 2 is 1.70 bits per heavy atom. The number of hydrogen-bond acceptors (Lipinski definition) is 4. The number of anilines is 1. The van der Waals surface area contributed by atoms with Gasteiger partial charge < -0.3 is 10.2 Å². The molecule has 0 spiro atoms. The molecule has 2 amide bonds. The lowest BCUT2D eigenvalue weighted by molar-refractivity contribution is -0.140. The van der Waals surface area contributed by atoms with E-state index in [9.17, 15) is 22.4 Å². The number of amides is 2. The summed E-state index contributed by atoms with van der Waals surface area (Å²) in [6, 6.07) is 11.4. The maximum atomic E-state index is 13.2. The van der Waals surface area contributed by atoms with Crippen LogP contribution < -0.4 is 9.62 Å². The number of hydrogen-bond donors (Lipinski definition) is 1. The van der Waals surface area contributed by atoms with E-state index < -0.39 is 21.9 Å². The zero-order valence-corrected chi connectivity index (χ0v) is 20.5. The van der Waals surface area contributed by atoms with Crippen molar-refractivity contribution in [1.29, 1.82) is 0 Å². The Bertz CT molecular complexity index is 1050. The molecule has 0 radical (unpaired) electrons. The van der Waals surface area contributed by atoms with Gasteiger partial charge in [-0.05, 0) is 62.2 Å². The van der Waals surface area contributed by atoms with E-state index >= 15 is 0 Å². The first-order chi connectivity index (χ1) is 15.5. The molecule has 33 heavy (non-hydrogen) atoms. The van der Waals surface area contributed by atoms with Crippen molar-refractivity contribution in [1.82, 2.24) is 10.2 Å². The van der Waals surface area contributed by atoms with Crippen LogP contribution in [0.5, 0.6) is 0 Å². The fraction of sp³-hybridized carbons (Fsp3) is 0.391. The van der Waals surface area contributed by atoms with E-state index in [2.05, 4.69) is 5.32 Å². The normalized spacial score (nSPS) is 12.2. The van der Waals surface area contributed by atoms with Gasteiger partial charge in [-0.1, -0.05) is 23.7 Å². The number of carbonyl (C=O) groups is 2. The van der Waals surface area contributed by atoms with E-state index in [-0.39, 0.29) is 37.7 Å². The average molecular weight is 498 g/mol. The molecule has 7 nitrogen and oxygen atoms in total. The van der Waals surface area contributed by atoms with Crippen molar-refractivity contribution in [3.8, 4) is 0 Å². The van der Waals surface area contributed by atoms with Crippen molar-refractivity contribution in [2.75, 3.05) is 23.7 Å². The standard InChI is InChI=1S/C23H29ClFN3O4S/c1-4-26-23(30)17(2)27(16-18-7-9-19(24)10-8-18)22(29)6-5-15-28(33(3,31)32)21-13-11-20(25)12-14-21/h7-14,17H,4-6,15-16H2,1-3H3,(H,26,30)/t17-/m1/s1. The Morgan fingerprint density at radius 3 is 2.24 bits per heavy atom. The van der Waals surface area contributed by atoms with E-state index in [1.165, 1.54) is 29.2 Å². The quantitative estimate of drug-likeness (QED) is 0.514. The minimum absolute atomic E-state index is 0.0323. The average Bonchev–Trinajstić information content (AvgIpc) is 2.76. The van der Waals surface area contributed by atoms with Crippen LogP contribution in [0.15, 0.2) is 48.5 Å². The molecule has 0 saturated heterocycles. The number of carbonyl (C=O) groups excluding carboxylic acids is 2. The van der Waals surface area contributed by atoms with E-state index in [4.69, 9.17) is 11.6 Å². The third-order valence-corrected chi connectivity index (χ3v) is 6.50. The third kappa shape index (κ3) is 8.01. The molecule has 0 aliphatic heterocycles. The van der Waals surface area contributed by atoms with Crippen LogP contribution in [-0.2, 0) is 26.2 Å². The molecule has 0 fully saturated rings. The Morgan fingerprint density at radius 1 is 1.09 bits per heavy atom. The SMILES string of the molecule is CCNC(=O)[C@@H](C)N(Cc1ccc(Cl)cc1)C(=O)CCCN(c1ccc(F)cc1)S(C)(=O)=O. The summed E-state index contributed by atoms with van der Waals surface area (Å²) in [5, 5.41) is 3.29. The Labute approximate surface area is 199 Å². The van der Waals surface area contributed by atoms with Crippen LogP contribution in [0, 0.1) is 5.82 Å². The summed E-state index contributed by atoms with van der Waals surface area (Å²) in [5.41, 5.74) is 1.13. The Kier molecular flexibility index (Phi) is 9.67. The lowest BCUT2D eigenvalue weighted by atomic mass is 10.1. The maximum absolute atomic E-state index is 13.2. The van der Waals surface area contributed by atoms with E-state index in [1.54, 1.807) is 38.1 Å².